The third-order valence-electron chi connectivity index (χ3n) is 3.57. The number of nitrogens with zero attached hydrogens (tertiary/aromatic N) is 1. The molecule has 0 heterocycles. The second-order valence-corrected chi connectivity index (χ2v) is 5.95. The zero-order valence-electron chi connectivity index (χ0n) is 13.7. The molecule has 0 radical (unpaired) electrons. The average molecular weight is 297 g/mol. The summed E-state index contributed by atoms with van der Waals surface area (Å²) in [5.74, 6) is 0. The molecule has 0 saturated carbocycles. The Hall–Kier alpha value is -1.64. The summed E-state index contributed by atoms with van der Waals surface area (Å²) in [6.07, 6.45) is 1.38. The predicted octanol–water partition coefficient (Wildman–Crippen LogP) is 4.50. The van der Waals surface area contributed by atoms with Crippen molar-refractivity contribution in [3.8, 4) is 0 Å². The fraction of sp³-hybridized carbons (Fsp3) is 0.400. The minimum Gasteiger partial charge on any atom is -0.379 e. The highest BCUT2D eigenvalue weighted by Gasteiger charge is 2.07. The Bertz CT molecular complexity index is 468. The standard InChI is InChI=1S/C20H27NO/c1-18(2)22-15-9-14-21(16-19-10-5-3-6-11-19)17-20-12-7-4-8-13-20/h3-8,10-13,18H,9,14-17H2,1-2H3. The van der Waals surface area contributed by atoms with Gasteiger partial charge in [-0.05, 0) is 31.4 Å². The Kier molecular flexibility index (Phi) is 7.14. The van der Waals surface area contributed by atoms with E-state index in [2.05, 4.69) is 79.4 Å². The molecule has 22 heavy (non-hydrogen) atoms. The van der Waals surface area contributed by atoms with Crippen LogP contribution in [0.25, 0.3) is 0 Å². The fourth-order valence-electron chi connectivity index (χ4n) is 2.50. The monoisotopic (exact) mass is 297 g/mol. The lowest BCUT2D eigenvalue weighted by Gasteiger charge is -2.23. The second-order valence-electron chi connectivity index (χ2n) is 5.95. The van der Waals surface area contributed by atoms with Crippen LogP contribution in [0.15, 0.2) is 60.7 Å². The van der Waals surface area contributed by atoms with Gasteiger partial charge >= 0.3 is 0 Å². The number of rotatable bonds is 9. The van der Waals surface area contributed by atoms with Crippen LogP contribution in [0.5, 0.6) is 0 Å². The van der Waals surface area contributed by atoms with Crippen LogP contribution in [-0.2, 0) is 17.8 Å². The van der Waals surface area contributed by atoms with Crippen LogP contribution in [0, 0.1) is 0 Å². The highest BCUT2D eigenvalue weighted by atomic mass is 16.5. The zero-order chi connectivity index (χ0) is 15.6. The van der Waals surface area contributed by atoms with Crippen molar-refractivity contribution in [2.45, 2.75) is 39.5 Å². The lowest BCUT2D eigenvalue weighted by atomic mass is 10.1. The van der Waals surface area contributed by atoms with Crippen molar-refractivity contribution in [1.29, 1.82) is 0 Å². The summed E-state index contributed by atoms with van der Waals surface area (Å²) in [7, 11) is 0. The van der Waals surface area contributed by atoms with E-state index in [4.69, 9.17) is 4.74 Å². The summed E-state index contributed by atoms with van der Waals surface area (Å²) in [5.41, 5.74) is 2.73. The molecule has 2 aromatic carbocycles. The third kappa shape index (κ3) is 6.42. The fourth-order valence-corrected chi connectivity index (χ4v) is 2.50. The van der Waals surface area contributed by atoms with Gasteiger partial charge in [-0.25, -0.2) is 0 Å². The summed E-state index contributed by atoms with van der Waals surface area (Å²) >= 11 is 0. The maximum Gasteiger partial charge on any atom is 0.0518 e. The van der Waals surface area contributed by atoms with Crippen LogP contribution >= 0.6 is 0 Å². The number of ether oxygens (including phenoxy) is 1. The molecule has 0 aliphatic carbocycles. The molecule has 0 unspecified atom stereocenters. The van der Waals surface area contributed by atoms with Crippen LogP contribution in [0.3, 0.4) is 0 Å². The number of hydrogen-bond donors (Lipinski definition) is 0. The molecular formula is C20H27NO. The molecule has 0 bridgehead atoms. The molecule has 2 heteroatoms. The van der Waals surface area contributed by atoms with Gasteiger partial charge in [-0.1, -0.05) is 60.7 Å². The molecule has 0 aliphatic rings. The Morgan fingerprint density at radius 1 is 0.818 bits per heavy atom. The lowest BCUT2D eigenvalue weighted by molar-refractivity contribution is 0.0693. The van der Waals surface area contributed by atoms with Crippen LogP contribution in [0.4, 0.5) is 0 Å². The average Bonchev–Trinajstić information content (AvgIpc) is 2.53. The molecule has 0 aromatic heterocycles. The second kappa shape index (κ2) is 9.39. The van der Waals surface area contributed by atoms with Crippen molar-refractivity contribution in [1.82, 2.24) is 4.90 Å². The topological polar surface area (TPSA) is 12.5 Å². The third-order valence-corrected chi connectivity index (χ3v) is 3.57. The normalized spacial score (nSPS) is 11.3. The molecule has 0 spiro atoms. The molecule has 0 atom stereocenters. The summed E-state index contributed by atoms with van der Waals surface area (Å²) in [5, 5.41) is 0. The van der Waals surface area contributed by atoms with Gasteiger partial charge in [-0.3, -0.25) is 4.90 Å². The van der Waals surface area contributed by atoms with Gasteiger partial charge in [-0.2, -0.15) is 0 Å². The number of benzene rings is 2. The van der Waals surface area contributed by atoms with E-state index in [1.807, 2.05) is 0 Å². The van der Waals surface area contributed by atoms with E-state index in [9.17, 15) is 0 Å². The first-order valence-corrected chi connectivity index (χ1v) is 8.16. The number of hydrogen-bond acceptors (Lipinski definition) is 2. The van der Waals surface area contributed by atoms with E-state index in [-0.39, 0.29) is 0 Å². The van der Waals surface area contributed by atoms with Crippen molar-refractivity contribution in [2.75, 3.05) is 13.2 Å². The quantitative estimate of drug-likeness (QED) is 0.632. The first-order valence-electron chi connectivity index (χ1n) is 8.16. The molecule has 2 nitrogen and oxygen atoms in total. The molecular weight excluding hydrogens is 270 g/mol. The Labute approximate surface area is 134 Å². The van der Waals surface area contributed by atoms with Crippen molar-refractivity contribution < 1.29 is 4.74 Å². The van der Waals surface area contributed by atoms with Gasteiger partial charge in [0.05, 0.1) is 6.10 Å². The van der Waals surface area contributed by atoms with E-state index in [0.29, 0.717) is 6.10 Å². The van der Waals surface area contributed by atoms with Gasteiger partial charge in [0.1, 0.15) is 0 Å². The van der Waals surface area contributed by atoms with Crippen LogP contribution in [-0.4, -0.2) is 24.2 Å². The highest BCUT2D eigenvalue weighted by Crippen LogP contribution is 2.10. The molecule has 0 fully saturated rings. The van der Waals surface area contributed by atoms with E-state index in [1.54, 1.807) is 0 Å². The van der Waals surface area contributed by atoms with Gasteiger partial charge in [0.25, 0.3) is 0 Å². The Morgan fingerprint density at radius 2 is 1.32 bits per heavy atom. The predicted molar refractivity (Wildman–Crippen MR) is 92.7 cm³/mol. The maximum absolute atomic E-state index is 5.67. The molecule has 2 rings (SSSR count). The summed E-state index contributed by atoms with van der Waals surface area (Å²) in [4.78, 5) is 2.49. The van der Waals surface area contributed by atoms with Crippen molar-refractivity contribution >= 4 is 0 Å². The largest absolute Gasteiger partial charge is 0.379 e. The van der Waals surface area contributed by atoms with Crippen molar-refractivity contribution in [3.05, 3.63) is 71.8 Å². The van der Waals surface area contributed by atoms with Gasteiger partial charge in [0.2, 0.25) is 0 Å². The smallest absolute Gasteiger partial charge is 0.0518 e. The minimum atomic E-state index is 0.316. The van der Waals surface area contributed by atoms with Crippen LogP contribution in [0.1, 0.15) is 31.4 Å². The lowest BCUT2D eigenvalue weighted by Crippen LogP contribution is -2.25. The Balaban J connectivity index is 1.91. The van der Waals surface area contributed by atoms with Crippen LogP contribution in [0.2, 0.25) is 0 Å². The van der Waals surface area contributed by atoms with Crippen molar-refractivity contribution in [3.63, 3.8) is 0 Å². The van der Waals surface area contributed by atoms with Gasteiger partial charge in [0.15, 0.2) is 0 Å². The minimum absolute atomic E-state index is 0.316. The maximum atomic E-state index is 5.67. The van der Waals surface area contributed by atoms with Gasteiger partial charge in [0, 0.05) is 26.2 Å². The molecule has 0 amide bonds. The SMILES string of the molecule is CC(C)OCCCN(Cc1ccccc1)Cc1ccccc1. The summed E-state index contributed by atoms with van der Waals surface area (Å²) < 4.78 is 5.67. The van der Waals surface area contributed by atoms with E-state index >= 15 is 0 Å². The van der Waals surface area contributed by atoms with Crippen LogP contribution < -0.4 is 0 Å². The summed E-state index contributed by atoms with van der Waals surface area (Å²) in [6.45, 7) is 8.03. The Morgan fingerprint density at radius 3 is 1.77 bits per heavy atom. The molecule has 2 aromatic rings. The van der Waals surface area contributed by atoms with E-state index in [1.165, 1.54) is 11.1 Å². The molecule has 0 saturated heterocycles. The van der Waals surface area contributed by atoms with Crippen molar-refractivity contribution in [2.24, 2.45) is 0 Å². The molecule has 0 aliphatic heterocycles. The van der Waals surface area contributed by atoms with E-state index < -0.39 is 0 Å². The van der Waals surface area contributed by atoms with E-state index in [0.717, 1.165) is 32.7 Å². The molecule has 118 valence electrons. The summed E-state index contributed by atoms with van der Waals surface area (Å²) in [6, 6.07) is 21.4. The molecule has 0 N–H and O–H groups in total. The van der Waals surface area contributed by atoms with Gasteiger partial charge in [-0.15, -0.1) is 0 Å². The first-order chi connectivity index (χ1) is 10.7. The van der Waals surface area contributed by atoms with Gasteiger partial charge < -0.3 is 4.74 Å². The highest BCUT2D eigenvalue weighted by molar-refractivity contribution is 5.17. The first kappa shape index (κ1) is 16.7. The zero-order valence-corrected chi connectivity index (χ0v) is 13.7.